The fourth-order valence-electron chi connectivity index (χ4n) is 3.11. The molecule has 2 N–H and O–H groups in total. The van der Waals surface area contributed by atoms with E-state index in [4.69, 9.17) is 4.74 Å². The maximum Gasteiger partial charge on any atom is 0.246 e. The normalized spacial score (nSPS) is 23.0. The van der Waals surface area contributed by atoms with Crippen LogP contribution in [0.4, 0.5) is 0 Å². The van der Waals surface area contributed by atoms with Crippen LogP contribution in [-0.4, -0.2) is 60.6 Å². The van der Waals surface area contributed by atoms with Crippen LogP contribution in [0.2, 0.25) is 0 Å². The summed E-state index contributed by atoms with van der Waals surface area (Å²) >= 11 is 1.80. The lowest BCUT2D eigenvalue weighted by Crippen LogP contribution is -2.42. The first-order valence-electron chi connectivity index (χ1n) is 8.70. The Morgan fingerprint density at radius 3 is 2.92 bits per heavy atom. The van der Waals surface area contributed by atoms with Gasteiger partial charge in [0, 0.05) is 25.4 Å². The summed E-state index contributed by atoms with van der Waals surface area (Å²) in [7, 11) is 0. The fourth-order valence-corrected chi connectivity index (χ4v) is 4.06. The molecule has 25 heavy (non-hydrogen) atoms. The Labute approximate surface area is 152 Å². The molecule has 2 saturated heterocycles. The van der Waals surface area contributed by atoms with Crippen LogP contribution in [-0.2, 0) is 20.9 Å². The van der Waals surface area contributed by atoms with Gasteiger partial charge in [0.05, 0.1) is 18.5 Å². The van der Waals surface area contributed by atoms with Crippen LogP contribution in [0.1, 0.15) is 12.0 Å². The van der Waals surface area contributed by atoms with Crippen LogP contribution in [0, 0.1) is 5.92 Å². The van der Waals surface area contributed by atoms with Crippen molar-refractivity contribution in [2.75, 3.05) is 37.9 Å². The van der Waals surface area contributed by atoms with Crippen molar-refractivity contribution < 1.29 is 14.3 Å². The Balaban J connectivity index is 1.31. The number of nitrogens with zero attached hydrogens (tertiary/aromatic N) is 1. The highest BCUT2D eigenvalue weighted by molar-refractivity contribution is 7.99. The Kier molecular flexibility index (Phi) is 6.72. The second-order valence-electron chi connectivity index (χ2n) is 6.48. The summed E-state index contributed by atoms with van der Waals surface area (Å²) in [5, 5.41) is 6.20. The Morgan fingerprint density at radius 1 is 1.32 bits per heavy atom. The molecule has 0 unspecified atom stereocenters. The Morgan fingerprint density at radius 2 is 2.16 bits per heavy atom. The molecule has 0 radical (unpaired) electrons. The van der Waals surface area contributed by atoms with Gasteiger partial charge in [-0.05, 0) is 17.9 Å². The maximum atomic E-state index is 12.4. The number of amides is 2. The van der Waals surface area contributed by atoms with E-state index in [-0.39, 0.29) is 24.5 Å². The summed E-state index contributed by atoms with van der Waals surface area (Å²) in [4.78, 5) is 26.1. The zero-order valence-corrected chi connectivity index (χ0v) is 15.1. The molecule has 2 aliphatic rings. The van der Waals surface area contributed by atoms with Gasteiger partial charge in [0.25, 0.3) is 0 Å². The minimum atomic E-state index is -0.110. The minimum Gasteiger partial charge on any atom is -0.367 e. The van der Waals surface area contributed by atoms with Gasteiger partial charge in [0.15, 0.2) is 0 Å². The summed E-state index contributed by atoms with van der Waals surface area (Å²) in [6, 6.07) is 9.69. The van der Waals surface area contributed by atoms with Crippen molar-refractivity contribution in [3.05, 3.63) is 35.9 Å². The standard InChI is InChI=1S/C18H25N3O3S/c22-17(12-24-11-14-4-2-1-3-5-14)20-10-15-8-16(19-9-15)18(23)21-6-7-25-13-21/h1-5,15-16,19H,6-13H2,(H,20,22)/t15-,16-/m0/s1. The van der Waals surface area contributed by atoms with E-state index in [0.29, 0.717) is 19.1 Å². The van der Waals surface area contributed by atoms with Crippen molar-refractivity contribution in [3.63, 3.8) is 0 Å². The number of carbonyl (C=O) groups excluding carboxylic acids is 2. The number of ether oxygens (including phenoxy) is 1. The van der Waals surface area contributed by atoms with Crippen molar-refractivity contribution in [1.29, 1.82) is 0 Å². The largest absolute Gasteiger partial charge is 0.367 e. The van der Waals surface area contributed by atoms with Gasteiger partial charge < -0.3 is 20.3 Å². The van der Waals surface area contributed by atoms with Crippen LogP contribution in [0.5, 0.6) is 0 Å². The molecule has 136 valence electrons. The monoisotopic (exact) mass is 363 g/mol. The average Bonchev–Trinajstić information content (AvgIpc) is 3.32. The number of nitrogens with one attached hydrogen (secondary N) is 2. The number of thioether (sulfide) groups is 1. The van der Waals surface area contributed by atoms with Gasteiger partial charge in [-0.1, -0.05) is 30.3 Å². The molecule has 2 amide bonds. The molecule has 6 nitrogen and oxygen atoms in total. The third-order valence-corrected chi connectivity index (χ3v) is 5.48. The van der Waals surface area contributed by atoms with E-state index in [1.165, 1.54) is 0 Å². The van der Waals surface area contributed by atoms with Crippen LogP contribution in [0.3, 0.4) is 0 Å². The van der Waals surface area contributed by atoms with E-state index in [2.05, 4.69) is 10.6 Å². The van der Waals surface area contributed by atoms with E-state index in [9.17, 15) is 9.59 Å². The molecule has 0 spiro atoms. The highest BCUT2D eigenvalue weighted by Crippen LogP contribution is 2.19. The topological polar surface area (TPSA) is 70.7 Å². The Hall–Kier alpha value is -1.57. The average molecular weight is 363 g/mol. The lowest BCUT2D eigenvalue weighted by Gasteiger charge is -2.19. The lowest BCUT2D eigenvalue weighted by molar-refractivity contribution is -0.131. The number of rotatable bonds is 7. The molecule has 0 aliphatic carbocycles. The van der Waals surface area contributed by atoms with Crippen molar-refractivity contribution >= 4 is 23.6 Å². The van der Waals surface area contributed by atoms with Gasteiger partial charge in [-0.3, -0.25) is 9.59 Å². The summed E-state index contributed by atoms with van der Waals surface area (Å²) in [5.41, 5.74) is 1.05. The molecular formula is C18H25N3O3S. The summed E-state index contributed by atoms with van der Waals surface area (Å²) in [5.74, 6) is 2.21. The summed E-state index contributed by atoms with van der Waals surface area (Å²) in [6.07, 6.45) is 0.783. The highest BCUT2D eigenvalue weighted by atomic mass is 32.2. The van der Waals surface area contributed by atoms with Crippen molar-refractivity contribution in [3.8, 4) is 0 Å². The molecule has 0 bridgehead atoms. The van der Waals surface area contributed by atoms with Gasteiger partial charge >= 0.3 is 0 Å². The predicted octanol–water partition coefficient (Wildman–Crippen LogP) is 0.830. The van der Waals surface area contributed by atoms with Crippen molar-refractivity contribution in [1.82, 2.24) is 15.5 Å². The quantitative estimate of drug-likeness (QED) is 0.751. The summed E-state index contributed by atoms with van der Waals surface area (Å²) in [6.45, 7) is 2.69. The first kappa shape index (κ1) is 18.2. The van der Waals surface area contributed by atoms with Gasteiger partial charge in [-0.2, -0.15) is 0 Å². The number of hydrogen-bond acceptors (Lipinski definition) is 5. The van der Waals surface area contributed by atoms with Crippen LogP contribution in [0.25, 0.3) is 0 Å². The lowest BCUT2D eigenvalue weighted by atomic mass is 10.1. The molecule has 3 rings (SSSR count). The van der Waals surface area contributed by atoms with Gasteiger partial charge in [-0.15, -0.1) is 11.8 Å². The van der Waals surface area contributed by atoms with Crippen molar-refractivity contribution in [2.45, 2.75) is 19.1 Å². The summed E-state index contributed by atoms with van der Waals surface area (Å²) < 4.78 is 5.43. The van der Waals surface area contributed by atoms with Gasteiger partial charge in [-0.25, -0.2) is 0 Å². The van der Waals surface area contributed by atoms with E-state index in [1.54, 1.807) is 11.8 Å². The number of hydrogen-bond donors (Lipinski definition) is 2. The second kappa shape index (κ2) is 9.22. The third kappa shape index (κ3) is 5.45. The predicted molar refractivity (Wildman–Crippen MR) is 98.0 cm³/mol. The minimum absolute atomic E-state index is 0.0579. The second-order valence-corrected chi connectivity index (χ2v) is 7.56. The molecule has 2 fully saturated rings. The SMILES string of the molecule is O=C(COCc1ccccc1)NC[C@@H]1CN[C@H](C(=O)N2CCSC2)C1. The highest BCUT2D eigenvalue weighted by Gasteiger charge is 2.33. The first-order chi connectivity index (χ1) is 12.2. The van der Waals surface area contributed by atoms with Gasteiger partial charge in [0.2, 0.25) is 11.8 Å². The smallest absolute Gasteiger partial charge is 0.246 e. The number of benzene rings is 1. The number of carbonyl (C=O) groups is 2. The zero-order chi connectivity index (χ0) is 17.5. The van der Waals surface area contributed by atoms with Crippen molar-refractivity contribution in [2.24, 2.45) is 5.92 Å². The third-order valence-electron chi connectivity index (χ3n) is 4.52. The fraction of sp³-hybridized carbons (Fsp3) is 0.556. The maximum absolute atomic E-state index is 12.4. The molecule has 1 aromatic carbocycles. The molecule has 2 aliphatic heterocycles. The van der Waals surface area contributed by atoms with E-state index in [0.717, 1.165) is 36.7 Å². The molecular weight excluding hydrogens is 338 g/mol. The molecule has 7 heteroatoms. The molecule has 0 saturated carbocycles. The van der Waals surface area contributed by atoms with Gasteiger partial charge in [0.1, 0.15) is 6.61 Å². The molecule has 2 atom stereocenters. The first-order valence-corrected chi connectivity index (χ1v) is 9.86. The van der Waals surface area contributed by atoms with E-state index in [1.807, 2.05) is 35.2 Å². The van der Waals surface area contributed by atoms with Crippen LogP contribution >= 0.6 is 11.8 Å². The molecule has 2 heterocycles. The molecule has 0 aromatic heterocycles. The van der Waals surface area contributed by atoms with E-state index >= 15 is 0 Å². The van der Waals surface area contributed by atoms with Crippen LogP contribution in [0.15, 0.2) is 30.3 Å². The zero-order valence-electron chi connectivity index (χ0n) is 14.3. The van der Waals surface area contributed by atoms with E-state index < -0.39 is 0 Å². The van der Waals surface area contributed by atoms with Crippen LogP contribution < -0.4 is 10.6 Å². The Bertz CT molecular complexity index is 578. The molecule has 1 aromatic rings.